The topological polar surface area (TPSA) is 96.7 Å². The van der Waals surface area contributed by atoms with Gasteiger partial charge in [-0.1, -0.05) is 30.3 Å². The van der Waals surface area contributed by atoms with Crippen molar-refractivity contribution in [2.24, 2.45) is 0 Å². The zero-order chi connectivity index (χ0) is 24.8. The molecule has 9 heteroatoms. The highest BCUT2D eigenvalue weighted by molar-refractivity contribution is 7.20. The van der Waals surface area contributed by atoms with E-state index in [1.165, 1.54) is 10.9 Å². The highest BCUT2D eigenvalue weighted by Crippen LogP contribution is 2.27. The van der Waals surface area contributed by atoms with E-state index in [1.807, 2.05) is 36.4 Å². The van der Waals surface area contributed by atoms with E-state index in [9.17, 15) is 14.4 Å². The zero-order valence-corrected chi connectivity index (χ0v) is 20.2. The number of carbonyl (C=O) groups excluding carboxylic acids is 2. The molecule has 2 aromatic carbocycles. The predicted molar refractivity (Wildman–Crippen MR) is 132 cm³/mol. The molecule has 0 aliphatic rings. The number of benzene rings is 2. The predicted octanol–water partition coefficient (Wildman–Crippen LogP) is 4.23. The minimum Gasteiger partial charge on any atom is -0.490 e. The molecule has 0 aliphatic heterocycles. The van der Waals surface area contributed by atoms with E-state index < -0.39 is 11.9 Å². The lowest BCUT2D eigenvalue weighted by atomic mass is 10.1. The van der Waals surface area contributed by atoms with Gasteiger partial charge in [-0.05, 0) is 49.2 Å². The van der Waals surface area contributed by atoms with Crippen molar-refractivity contribution in [3.05, 3.63) is 92.8 Å². The van der Waals surface area contributed by atoms with E-state index >= 15 is 0 Å². The maximum absolute atomic E-state index is 13.2. The van der Waals surface area contributed by atoms with Crippen LogP contribution in [0.15, 0.2) is 65.7 Å². The van der Waals surface area contributed by atoms with E-state index in [1.54, 1.807) is 32.0 Å². The Labute approximate surface area is 205 Å². The van der Waals surface area contributed by atoms with Crippen LogP contribution in [0, 0.1) is 6.92 Å². The quantitative estimate of drug-likeness (QED) is 0.255. The van der Waals surface area contributed by atoms with Crippen molar-refractivity contribution in [1.82, 2.24) is 9.55 Å². The van der Waals surface area contributed by atoms with E-state index in [0.717, 1.165) is 16.9 Å². The van der Waals surface area contributed by atoms with Crippen molar-refractivity contribution in [1.29, 1.82) is 0 Å². The minimum atomic E-state index is -0.518. The summed E-state index contributed by atoms with van der Waals surface area (Å²) in [6.07, 6.45) is 1.44. The first-order valence-corrected chi connectivity index (χ1v) is 11.9. The Bertz CT molecular complexity index is 1410. The van der Waals surface area contributed by atoms with Crippen LogP contribution in [-0.2, 0) is 16.0 Å². The average Bonchev–Trinajstić information content (AvgIpc) is 3.21. The Kier molecular flexibility index (Phi) is 7.57. The van der Waals surface area contributed by atoms with Crippen LogP contribution in [0.1, 0.15) is 38.1 Å². The largest absolute Gasteiger partial charge is 0.490 e. The molecular weight excluding hydrogens is 468 g/mol. The molecule has 4 aromatic rings. The Morgan fingerprint density at radius 3 is 2.57 bits per heavy atom. The lowest BCUT2D eigenvalue weighted by Crippen LogP contribution is -2.21. The maximum Gasteiger partial charge on any atom is 0.348 e. The molecule has 0 spiro atoms. The van der Waals surface area contributed by atoms with Crippen LogP contribution in [0.25, 0.3) is 10.2 Å². The van der Waals surface area contributed by atoms with Gasteiger partial charge in [-0.25, -0.2) is 14.6 Å². The molecule has 0 atom stereocenters. The van der Waals surface area contributed by atoms with Gasteiger partial charge >= 0.3 is 11.9 Å². The Hall–Kier alpha value is -3.98. The Morgan fingerprint density at radius 2 is 1.80 bits per heavy atom. The van der Waals surface area contributed by atoms with Crippen molar-refractivity contribution in [3.63, 3.8) is 0 Å². The van der Waals surface area contributed by atoms with Crippen LogP contribution in [-0.4, -0.2) is 41.3 Å². The first-order chi connectivity index (χ1) is 17.0. The molecule has 2 aromatic heterocycles. The number of nitrogens with zero attached hydrogens (tertiary/aromatic N) is 2. The number of hydrogen-bond donors (Lipinski definition) is 0. The van der Waals surface area contributed by atoms with Gasteiger partial charge < -0.3 is 14.2 Å². The van der Waals surface area contributed by atoms with E-state index in [0.29, 0.717) is 32.0 Å². The fourth-order valence-electron chi connectivity index (χ4n) is 3.55. The fourth-order valence-corrected chi connectivity index (χ4v) is 4.58. The number of esters is 2. The highest BCUT2D eigenvalue weighted by Gasteiger charge is 2.21. The summed E-state index contributed by atoms with van der Waals surface area (Å²) < 4.78 is 17.4. The molecule has 35 heavy (non-hydrogen) atoms. The van der Waals surface area contributed by atoms with E-state index in [2.05, 4.69) is 4.98 Å². The van der Waals surface area contributed by atoms with Crippen LogP contribution in [0.4, 0.5) is 0 Å². The van der Waals surface area contributed by atoms with Crippen LogP contribution >= 0.6 is 11.3 Å². The molecule has 0 saturated heterocycles. The van der Waals surface area contributed by atoms with Gasteiger partial charge in [-0.3, -0.25) is 9.36 Å². The summed E-state index contributed by atoms with van der Waals surface area (Å²) in [4.78, 5) is 43.0. The molecule has 0 bridgehead atoms. The summed E-state index contributed by atoms with van der Waals surface area (Å²) >= 11 is 1.13. The van der Waals surface area contributed by atoms with Crippen molar-refractivity contribution < 1.29 is 23.8 Å². The van der Waals surface area contributed by atoms with Gasteiger partial charge in [0.1, 0.15) is 28.7 Å². The summed E-state index contributed by atoms with van der Waals surface area (Å²) in [6.45, 7) is 4.26. The number of rotatable bonds is 9. The molecule has 0 N–H and O–H groups in total. The molecule has 4 rings (SSSR count). The molecule has 8 nitrogen and oxygen atoms in total. The Balaban J connectivity index is 1.48. The first kappa shape index (κ1) is 24.2. The smallest absolute Gasteiger partial charge is 0.348 e. The molecular formula is C26H24N2O6S. The van der Waals surface area contributed by atoms with E-state index in [-0.39, 0.29) is 31.9 Å². The lowest BCUT2D eigenvalue weighted by molar-refractivity contribution is 0.0454. The average molecular weight is 493 g/mol. The fraction of sp³-hybridized carbons (Fsp3) is 0.231. The number of thiophene rings is 1. The molecule has 180 valence electrons. The van der Waals surface area contributed by atoms with Crippen LogP contribution in [0.2, 0.25) is 0 Å². The first-order valence-electron chi connectivity index (χ1n) is 11.1. The van der Waals surface area contributed by atoms with Crippen molar-refractivity contribution >= 4 is 33.5 Å². The second-order valence-electron chi connectivity index (χ2n) is 7.63. The number of aryl methyl sites for hydroxylation is 1. The van der Waals surface area contributed by atoms with Crippen molar-refractivity contribution in [2.45, 2.75) is 20.4 Å². The number of aromatic nitrogens is 2. The van der Waals surface area contributed by atoms with Gasteiger partial charge in [-0.15, -0.1) is 11.3 Å². The number of ether oxygens (including phenoxy) is 3. The number of hydrogen-bond acceptors (Lipinski definition) is 8. The van der Waals surface area contributed by atoms with Gasteiger partial charge in [-0.2, -0.15) is 0 Å². The molecule has 2 heterocycles. The van der Waals surface area contributed by atoms with Gasteiger partial charge in [0.05, 0.1) is 30.4 Å². The molecule has 0 amide bonds. The lowest BCUT2D eigenvalue weighted by Gasteiger charge is -2.08. The molecule has 0 aliphatic carbocycles. The zero-order valence-electron chi connectivity index (χ0n) is 19.4. The number of para-hydroxylation sites is 1. The van der Waals surface area contributed by atoms with E-state index in [4.69, 9.17) is 14.2 Å². The molecule has 0 saturated carbocycles. The molecule has 0 fully saturated rings. The SMILES string of the molecule is CCOC(=O)c1cccc(Cn2cnc3sc(C(=O)OCCOc4ccccc4)c(C)c3c2=O)c1. The van der Waals surface area contributed by atoms with Crippen molar-refractivity contribution in [3.8, 4) is 5.75 Å². The highest BCUT2D eigenvalue weighted by atomic mass is 32.1. The summed E-state index contributed by atoms with van der Waals surface area (Å²) in [6, 6.07) is 16.2. The van der Waals surface area contributed by atoms with Crippen LogP contribution in [0.3, 0.4) is 0 Å². The Morgan fingerprint density at radius 1 is 1.00 bits per heavy atom. The summed E-state index contributed by atoms with van der Waals surface area (Å²) in [5, 5.41) is 0.381. The summed E-state index contributed by atoms with van der Waals surface area (Å²) in [5.41, 5.74) is 1.44. The number of fused-ring (bicyclic) bond motifs is 1. The summed E-state index contributed by atoms with van der Waals surface area (Å²) in [5.74, 6) is -0.240. The normalized spacial score (nSPS) is 10.8. The van der Waals surface area contributed by atoms with Gasteiger partial charge in [0.15, 0.2) is 0 Å². The standard InChI is InChI=1S/C26H24N2O6S/c1-3-32-25(30)19-9-7-8-18(14-19)15-28-16-27-23-21(24(28)29)17(2)22(35-23)26(31)34-13-12-33-20-10-5-4-6-11-20/h4-11,14,16H,3,12-13,15H2,1-2H3. The second-order valence-corrected chi connectivity index (χ2v) is 8.63. The van der Waals surface area contributed by atoms with Gasteiger partial charge in [0.2, 0.25) is 0 Å². The van der Waals surface area contributed by atoms with Crippen molar-refractivity contribution in [2.75, 3.05) is 19.8 Å². The van der Waals surface area contributed by atoms with Crippen LogP contribution < -0.4 is 10.3 Å². The van der Waals surface area contributed by atoms with Gasteiger partial charge in [0.25, 0.3) is 5.56 Å². The summed E-state index contributed by atoms with van der Waals surface area (Å²) in [7, 11) is 0. The third-order valence-electron chi connectivity index (χ3n) is 5.22. The maximum atomic E-state index is 13.2. The monoisotopic (exact) mass is 492 g/mol. The third-order valence-corrected chi connectivity index (χ3v) is 6.40. The second kappa shape index (κ2) is 11.0. The third kappa shape index (κ3) is 5.58. The van der Waals surface area contributed by atoms with Gasteiger partial charge in [0, 0.05) is 0 Å². The molecule has 0 unspecified atom stereocenters. The number of carbonyl (C=O) groups is 2. The van der Waals surface area contributed by atoms with Crippen LogP contribution in [0.5, 0.6) is 5.75 Å². The molecule has 0 radical (unpaired) electrons. The minimum absolute atomic E-state index is 0.0792.